The van der Waals surface area contributed by atoms with Crippen LogP contribution in [-0.4, -0.2) is 24.4 Å². The summed E-state index contributed by atoms with van der Waals surface area (Å²) in [7, 11) is -3.52. The SMILES string of the molecule is Cc1cc(C2CCCN2S(=O)(=O)c2ccc(CC(C)C)cc2)no1. The molecule has 1 saturated heterocycles. The molecule has 6 heteroatoms. The average Bonchev–Trinajstić information content (AvgIpc) is 3.15. The Kier molecular flexibility index (Phi) is 4.78. The predicted molar refractivity (Wildman–Crippen MR) is 92.1 cm³/mol. The second-order valence-corrected chi connectivity index (χ2v) is 8.77. The van der Waals surface area contributed by atoms with Crippen LogP contribution in [-0.2, 0) is 16.4 Å². The Morgan fingerprint density at radius 2 is 2.00 bits per heavy atom. The van der Waals surface area contributed by atoms with Crippen LogP contribution in [0.25, 0.3) is 0 Å². The monoisotopic (exact) mass is 348 g/mol. The van der Waals surface area contributed by atoms with Gasteiger partial charge in [-0.25, -0.2) is 8.42 Å². The fraction of sp³-hybridized carbons (Fsp3) is 0.500. The molecule has 2 aromatic rings. The van der Waals surface area contributed by atoms with Gasteiger partial charge in [0.2, 0.25) is 10.0 Å². The van der Waals surface area contributed by atoms with Gasteiger partial charge in [-0.05, 0) is 49.8 Å². The molecule has 1 atom stereocenters. The molecule has 0 N–H and O–H groups in total. The van der Waals surface area contributed by atoms with Crippen LogP contribution >= 0.6 is 0 Å². The molecule has 5 nitrogen and oxygen atoms in total. The number of rotatable bonds is 5. The fourth-order valence-corrected chi connectivity index (χ4v) is 4.94. The van der Waals surface area contributed by atoms with Gasteiger partial charge in [0.05, 0.1) is 10.9 Å². The van der Waals surface area contributed by atoms with Crippen molar-refractivity contribution in [3.8, 4) is 0 Å². The molecule has 1 unspecified atom stereocenters. The summed E-state index contributed by atoms with van der Waals surface area (Å²) in [5, 5.41) is 4.02. The molecule has 2 heterocycles. The maximum atomic E-state index is 13.0. The minimum atomic E-state index is -3.52. The first-order valence-electron chi connectivity index (χ1n) is 8.42. The van der Waals surface area contributed by atoms with Crippen molar-refractivity contribution in [2.75, 3.05) is 6.54 Å². The maximum Gasteiger partial charge on any atom is 0.243 e. The summed E-state index contributed by atoms with van der Waals surface area (Å²) in [5.41, 5.74) is 1.86. The molecule has 0 spiro atoms. The van der Waals surface area contributed by atoms with Crippen LogP contribution in [0.15, 0.2) is 39.8 Å². The van der Waals surface area contributed by atoms with E-state index in [-0.39, 0.29) is 6.04 Å². The van der Waals surface area contributed by atoms with E-state index >= 15 is 0 Å². The number of hydrogen-bond acceptors (Lipinski definition) is 4. The lowest BCUT2D eigenvalue weighted by Gasteiger charge is -2.22. The Labute approximate surface area is 143 Å². The lowest BCUT2D eigenvalue weighted by molar-refractivity contribution is 0.349. The summed E-state index contributed by atoms with van der Waals surface area (Å²) < 4.78 is 32.7. The van der Waals surface area contributed by atoms with Crippen molar-refractivity contribution in [3.05, 3.63) is 47.3 Å². The Morgan fingerprint density at radius 3 is 2.58 bits per heavy atom. The van der Waals surface area contributed by atoms with Crippen LogP contribution in [0.3, 0.4) is 0 Å². The molecular formula is C18H24N2O3S. The van der Waals surface area contributed by atoms with E-state index in [2.05, 4.69) is 19.0 Å². The molecule has 0 bridgehead atoms. The highest BCUT2D eigenvalue weighted by molar-refractivity contribution is 7.89. The van der Waals surface area contributed by atoms with Gasteiger partial charge in [-0.2, -0.15) is 4.31 Å². The second-order valence-electron chi connectivity index (χ2n) is 6.88. The zero-order chi connectivity index (χ0) is 17.3. The molecule has 0 aliphatic carbocycles. The summed E-state index contributed by atoms with van der Waals surface area (Å²) in [6.07, 6.45) is 2.56. The molecule has 1 aromatic heterocycles. The van der Waals surface area contributed by atoms with E-state index in [0.717, 1.165) is 24.8 Å². The van der Waals surface area contributed by atoms with E-state index in [1.807, 2.05) is 25.1 Å². The first-order chi connectivity index (χ1) is 11.4. The summed E-state index contributed by atoms with van der Waals surface area (Å²) >= 11 is 0. The van der Waals surface area contributed by atoms with Crippen molar-refractivity contribution in [2.45, 2.75) is 51.0 Å². The highest BCUT2D eigenvalue weighted by Gasteiger charge is 2.37. The van der Waals surface area contributed by atoms with E-state index in [1.165, 1.54) is 0 Å². The lowest BCUT2D eigenvalue weighted by Crippen LogP contribution is -2.30. The van der Waals surface area contributed by atoms with Gasteiger partial charge in [-0.15, -0.1) is 0 Å². The van der Waals surface area contributed by atoms with Crippen molar-refractivity contribution in [1.82, 2.24) is 9.46 Å². The first-order valence-corrected chi connectivity index (χ1v) is 9.86. The second kappa shape index (κ2) is 6.69. The summed E-state index contributed by atoms with van der Waals surface area (Å²) in [4.78, 5) is 0.349. The van der Waals surface area contributed by atoms with Gasteiger partial charge >= 0.3 is 0 Å². The van der Waals surface area contributed by atoms with Gasteiger partial charge < -0.3 is 4.52 Å². The minimum absolute atomic E-state index is 0.234. The fourth-order valence-electron chi connectivity index (χ4n) is 3.27. The molecule has 130 valence electrons. The van der Waals surface area contributed by atoms with Gasteiger partial charge in [0.1, 0.15) is 11.5 Å². The molecule has 24 heavy (non-hydrogen) atoms. The predicted octanol–water partition coefficient (Wildman–Crippen LogP) is 3.71. The van der Waals surface area contributed by atoms with Crippen LogP contribution in [0, 0.1) is 12.8 Å². The first kappa shape index (κ1) is 17.2. The van der Waals surface area contributed by atoms with Crippen LogP contribution < -0.4 is 0 Å². The highest BCUT2D eigenvalue weighted by atomic mass is 32.2. The topological polar surface area (TPSA) is 63.4 Å². The average molecular weight is 348 g/mol. The molecule has 0 radical (unpaired) electrons. The molecule has 0 amide bonds. The third-order valence-corrected chi connectivity index (χ3v) is 6.29. The Hall–Kier alpha value is -1.66. The molecule has 3 rings (SSSR count). The Balaban J connectivity index is 1.86. The zero-order valence-corrected chi connectivity index (χ0v) is 15.2. The largest absolute Gasteiger partial charge is 0.361 e. The van der Waals surface area contributed by atoms with Gasteiger partial charge in [-0.3, -0.25) is 0 Å². The molecule has 0 saturated carbocycles. The summed E-state index contributed by atoms with van der Waals surface area (Å²) in [6, 6.07) is 8.86. The smallest absolute Gasteiger partial charge is 0.243 e. The van der Waals surface area contributed by atoms with Crippen LogP contribution in [0.5, 0.6) is 0 Å². The number of hydrogen-bond donors (Lipinski definition) is 0. The van der Waals surface area contributed by atoms with E-state index < -0.39 is 10.0 Å². The summed E-state index contributed by atoms with van der Waals surface area (Å²) in [6.45, 7) is 6.64. The number of sulfonamides is 1. The van der Waals surface area contributed by atoms with Crippen LogP contribution in [0.2, 0.25) is 0 Å². The quantitative estimate of drug-likeness (QED) is 0.826. The zero-order valence-electron chi connectivity index (χ0n) is 14.4. The van der Waals surface area contributed by atoms with Crippen LogP contribution in [0.1, 0.15) is 49.7 Å². The van der Waals surface area contributed by atoms with Crippen molar-refractivity contribution in [2.24, 2.45) is 5.92 Å². The van der Waals surface area contributed by atoms with Crippen molar-refractivity contribution in [1.29, 1.82) is 0 Å². The standard InChI is InChI=1S/C18H24N2O3S/c1-13(2)11-15-6-8-16(9-7-15)24(21,22)20-10-4-5-18(20)17-12-14(3)23-19-17/h6-9,12-13,18H,4-5,10-11H2,1-3H3. The Bertz CT molecular complexity index is 794. The molecule has 1 aliphatic rings. The Morgan fingerprint density at radius 1 is 1.29 bits per heavy atom. The van der Waals surface area contributed by atoms with Crippen LogP contribution in [0.4, 0.5) is 0 Å². The van der Waals surface area contributed by atoms with Crippen molar-refractivity contribution >= 4 is 10.0 Å². The normalized spacial score (nSPS) is 19.2. The van der Waals surface area contributed by atoms with Gasteiger partial charge in [-0.1, -0.05) is 31.1 Å². The van der Waals surface area contributed by atoms with Gasteiger partial charge in [0.25, 0.3) is 0 Å². The molecule has 1 fully saturated rings. The third kappa shape index (κ3) is 3.39. The number of benzene rings is 1. The third-order valence-electron chi connectivity index (χ3n) is 4.37. The van der Waals surface area contributed by atoms with E-state index in [9.17, 15) is 8.42 Å². The molecular weight excluding hydrogens is 324 g/mol. The van der Waals surface area contributed by atoms with Crippen molar-refractivity contribution < 1.29 is 12.9 Å². The van der Waals surface area contributed by atoms with Crippen molar-refractivity contribution in [3.63, 3.8) is 0 Å². The maximum absolute atomic E-state index is 13.0. The number of aromatic nitrogens is 1. The van der Waals surface area contributed by atoms with E-state index in [0.29, 0.717) is 28.8 Å². The van der Waals surface area contributed by atoms with Gasteiger partial charge in [0, 0.05) is 12.6 Å². The minimum Gasteiger partial charge on any atom is -0.361 e. The molecule has 1 aromatic carbocycles. The highest BCUT2D eigenvalue weighted by Crippen LogP contribution is 2.36. The number of nitrogens with zero attached hydrogens (tertiary/aromatic N) is 2. The van der Waals surface area contributed by atoms with E-state index in [4.69, 9.17) is 4.52 Å². The number of aryl methyl sites for hydroxylation is 1. The summed E-state index contributed by atoms with van der Waals surface area (Å²) in [5.74, 6) is 1.25. The van der Waals surface area contributed by atoms with Gasteiger partial charge in [0.15, 0.2) is 0 Å². The van der Waals surface area contributed by atoms with E-state index in [1.54, 1.807) is 16.4 Å². The lowest BCUT2D eigenvalue weighted by atomic mass is 10.0. The molecule has 1 aliphatic heterocycles.